The average molecular weight is 680 g/mol. The molecule has 0 bridgehead atoms. The quantitative estimate of drug-likeness (QED) is 0.311. The third kappa shape index (κ3) is 6.61. The number of rotatable bonds is 10. The number of benzene rings is 2. The molecule has 2 aromatic carbocycles. The lowest BCUT2D eigenvalue weighted by atomic mass is 9.68. The summed E-state index contributed by atoms with van der Waals surface area (Å²) in [4.78, 5) is 49.6. The van der Waals surface area contributed by atoms with Gasteiger partial charge in [0.2, 0.25) is 5.91 Å². The second-order valence-corrected chi connectivity index (χ2v) is 14.4. The van der Waals surface area contributed by atoms with Crippen LogP contribution in [0.4, 0.5) is 0 Å². The zero-order chi connectivity index (χ0) is 35.6. The molecule has 1 aliphatic heterocycles. The highest BCUT2D eigenvalue weighted by atomic mass is 16.5. The Balaban J connectivity index is 1.52. The van der Waals surface area contributed by atoms with Crippen molar-refractivity contribution in [2.75, 3.05) is 47.8 Å². The van der Waals surface area contributed by atoms with Crippen LogP contribution < -0.4 is 11.1 Å². The number of carbonyl (C=O) groups is 2. The Labute approximate surface area is 294 Å². The van der Waals surface area contributed by atoms with Gasteiger partial charge in [0, 0.05) is 46.0 Å². The first kappa shape index (κ1) is 35.1. The molecule has 2 unspecified atom stereocenters. The van der Waals surface area contributed by atoms with Crippen molar-refractivity contribution in [3.05, 3.63) is 92.7 Å². The first-order valence-electron chi connectivity index (χ1n) is 17.9. The van der Waals surface area contributed by atoms with Gasteiger partial charge in [0.15, 0.2) is 5.82 Å². The third-order valence-corrected chi connectivity index (χ3v) is 10.9. The lowest BCUT2D eigenvalue weighted by molar-refractivity contribution is -0.130. The molecule has 1 saturated heterocycles. The van der Waals surface area contributed by atoms with E-state index >= 15 is 0 Å². The fourth-order valence-electron chi connectivity index (χ4n) is 8.20. The largest absolute Gasteiger partial charge is 0.459 e. The van der Waals surface area contributed by atoms with Gasteiger partial charge in [-0.15, -0.1) is 0 Å². The van der Waals surface area contributed by atoms with Crippen molar-refractivity contribution in [2.45, 2.75) is 81.7 Å². The zero-order valence-corrected chi connectivity index (χ0v) is 29.8. The van der Waals surface area contributed by atoms with E-state index in [1.807, 2.05) is 37.2 Å². The van der Waals surface area contributed by atoms with Crippen LogP contribution in [0, 0.1) is 11.3 Å². The molecule has 2 amide bonds. The molecule has 2 fully saturated rings. The molecule has 264 valence electrons. The second kappa shape index (κ2) is 14.7. The van der Waals surface area contributed by atoms with Gasteiger partial charge < -0.3 is 24.5 Å². The summed E-state index contributed by atoms with van der Waals surface area (Å²) in [7, 11) is 7.45. The number of carbonyl (C=O) groups excluding carboxylic acids is 2. The summed E-state index contributed by atoms with van der Waals surface area (Å²) in [6.07, 6.45) is 8.39. The highest BCUT2D eigenvalue weighted by Gasteiger charge is 2.46. The summed E-state index contributed by atoms with van der Waals surface area (Å²) in [5.74, 6) is -0.247. The number of aromatic nitrogens is 2. The standard InChI is InChI=1S/C39H49N7O4/c1-26(43(2)3)27-15-17-33-28(22-27)13-14-29-23-30(36(48)44(4)5)16-18-34(29)39(33,19-20-41-25-35(47)45-21-9-12-32(45)24-40)37-42-38(49)50-46(37)31-10-7-6-8-11-31/h15-18,22-23,31-32,41H,1,6-14,19-21,25H2,2-5H3. The fraction of sp³-hybridized carbons (Fsp3) is 0.513. The molecule has 1 aromatic heterocycles. The van der Waals surface area contributed by atoms with E-state index in [0.717, 1.165) is 72.0 Å². The maximum atomic E-state index is 13.3. The molecule has 2 aliphatic carbocycles. The van der Waals surface area contributed by atoms with Crippen LogP contribution in [0.1, 0.15) is 101 Å². The molecule has 3 aromatic rings. The van der Waals surface area contributed by atoms with Crippen molar-refractivity contribution in [3.63, 3.8) is 0 Å². The minimum absolute atomic E-state index is 0.00372. The van der Waals surface area contributed by atoms with Gasteiger partial charge in [0.1, 0.15) is 6.04 Å². The summed E-state index contributed by atoms with van der Waals surface area (Å²) in [6.45, 7) is 5.43. The summed E-state index contributed by atoms with van der Waals surface area (Å²) in [5.41, 5.74) is 5.66. The van der Waals surface area contributed by atoms with Crippen molar-refractivity contribution in [1.82, 2.24) is 29.7 Å². The first-order chi connectivity index (χ1) is 24.0. The highest BCUT2D eigenvalue weighted by Crippen LogP contribution is 2.48. The maximum Gasteiger partial charge on any atom is 0.459 e. The SMILES string of the molecule is C=C(c1ccc2c(c1)CCc1cc(C(=O)N(C)C)ccc1C2(CCNCC(=O)N1CCCC1C#N)c1nc(=O)on1C1CCCCC1)N(C)C. The average Bonchev–Trinajstić information content (AvgIpc) is 3.74. The van der Waals surface area contributed by atoms with Crippen LogP contribution in [0.3, 0.4) is 0 Å². The summed E-state index contributed by atoms with van der Waals surface area (Å²) >= 11 is 0. The topological polar surface area (TPSA) is 128 Å². The Morgan fingerprint density at radius 1 is 0.980 bits per heavy atom. The van der Waals surface area contributed by atoms with Crippen molar-refractivity contribution >= 4 is 17.5 Å². The Hall–Kier alpha value is -4.69. The Bertz CT molecular complexity index is 1790. The number of hydrogen-bond donors (Lipinski definition) is 1. The molecule has 1 saturated carbocycles. The van der Waals surface area contributed by atoms with Crippen molar-refractivity contribution in [3.8, 4) is 6.07 Å². The molecule has 6 rings (SSSR count). The van der Waals surface area contributed by atoms with E-state index in [1.54, 1.807) is 28.6 Å². The number of likely N-dealkylation sites (tertiary alicyclic amines) is 1. The van der Waals surface area contributed by atoms with Crippen LogP contribution in [0.2, 0.25) is 0 Å². The minimum atomic E-state index is -0.943. The van der Waals surface area contributed by atoms with Gasteiger partial charge in [0.05, 0.1) is 24.1 Å². The van der Waals surface area contributed by atoms with E-state index < -0.39 is 11.2 Å². The van der Waals surface area contributed by atoms with E-state index in [-0.39, 0.29) is 30.4 Å². The lowest BCUT2D eigenvalue weighted by Crippen LogP contribution is -2.43. The van der Waals surface area contributed by atoms with Crippen LogP contribution in [0.25, 0.3) is 5.70 Å². The van der Waals surface area contributed by atoms with E-state index in [0.29, 0.717) is 50.2 Å². The molecular formula is C39H49N7O4. The third-order valence-electron chi connectivity index (χ3n) is 10.9. The van der Waals surface area contributed by atoms with Gasteiger partial charge in [-0.25, -0.2) is 4.79 Å². The number of nitrogens with one attached hydrogen (secondary N) is 1. The van der Waals surface area contributed by atoms with Crippen molar-refractivity contribution in [1.29, 1.82) is 5.26 Å². The van der Waals surface area contributed by atoms with E-state index in [9.17, 15) is 19.6 Å². The number of fused-ring (bicyclic) bond motifs is 2. The van der Waals surface area contributed by atoms with E-state index in [1.165, 1.54) is 0 Å². The van der Waals surface area contributed by atoms with Crippen LogP contribution >= 0.6 is 0 Å². The fourth-order valence-corrected chi connectivity index (χ4v) is 8.20. The molecule has 2 atom stereocenters. The van der Waals surface area contributed by atoms with E-state index in [2.05, 4.69) is 36.2 Å². The zero-order valence-electron chi connectivity index (χ0n) is 29.8. The lowest BCUT2D eigenvalue weighted by Gasteiger charge is -2.37. The van der Waals surface area contributed by atoms with Gasteiger partial charge in [-0.05, 0) is 97.5 Å². The molecule has 2 heterocycles. The number of nitrogens with zero attached hydrogens (tertiary/aromatic N) is 6. The molecule has 11 heteroatoms. The predicted molar refractivity (Wildman–Crippen MR) is 192 cm³/mol. The highest BCUT2D eigenvalue weighted by molar-refractivity contribution is 5.94. The van der Waals surface area contributed by atoms with Crippen LogP contribution in [0.15, 0.2) is 52.3 Å². The minimum Gasteiger partial charge on any atom is -0.378 e. The van der Waals surface area contributed by atoms with Gasteiger partial charge >= 0.3 is 5.76 Å². The monoisotopic (exact) mass is 679 g/mol. The number of aryl methyl sites for hydroxylation is 2. The molecule has 1 N–H and O–H groups in total. The number of nitriles is 1. The molecule has 0 radical (unpaired) electrons. The predicted octanol–water partition coefficient (Wildman–Crippen LogP) is 4.50. The first-order valence-corrected chi connectivity index (χ1v) is 17.9. The molecule has 50 heavy (non-hydrogen) atoms. The van der Waals surface area contributed by atoms with Crippen molar-refractivity contribution < 1.29 is 14.1 Å². The van der Waals surface area contributed by atoms with Crippen molar-refractivity contribution in [2.24, 2.45) is 0 Å². The summed E-state index contributed by atoms with van der Waals surface area (Å²) in [5, 5.41) is 13.0. The smallest absolute Gasteiger partial charge is 0.378 e. The van der Waals surface area contributed by atoms with Gasteiger partial charge in [-0.3, -0.25) is 9.59 Å². The number of amides is 2. The molecule has 0 spiro atoms. The number of hydrogen-bond acceptors (Lipinski definition) is 8. The molecule has 11 nitrogen and oxygen atoms in total. The van der Waals surface area contributed by atoms with Gasteiger partial charge in [-0.2, -0.15) is 15.0 Å². The van der Waals surface area contributed by atoms with E-state index in [4.69, 9.17) is 9.51 Å². The van der Waals surface area contributed by atoms with Crippen LogP contribution in [-0.2, 0) is 23.1 Å². The summed E-state index contributed by atoms with van der Waals surface area (Å²) < 4.78 is 7.77. The Kier molecular flexibility index (Phi) is 10.3. The normalized spacial score (nSPS) is 20.4. The Morgan fingerprint density at radius 3 is 2.28 bits per heavy atom. The molecular weight excluding hydrogens is 630 g/mol. The van der Waals surface area contributed by atoms with Gasteiger partial charge in [0.25, 0.3) is 5.91 Å². The Morgan fingerprint density at radius 2 is 1.64 bits per heavy atom. The second-order valence-electron chi connectivity index (χ2n) is 14.4. The molecule has 3 aliphatic rings. The maximum absolute atomic E-state index is 13.3. The van der Waals surface area contributed by atoms with Crippen LogP contribution in [0.5, 0.6) is 0 Å². The van der Waals surface area contributed by atoms with Gasteiger partial charge in [-0.1, -0.05) is 44.0 Å². The van der Waals surface area contributed by atoms with Crippen LogP contribution in [-0.4, -0.2) is 90.1 Å². The summed E-state index contributed by atoms with van der Waals surface area (Å²) in [6, 6.07) is 14.2.